The van der Waals surface area contributed by atoms with E-state index < -0.39 is 24.6 Å². The standard InChI is InChI=1S/C7H14O5.C2H6/c1-11-6-2-4(9)7(10)5(3-8)12-6;1-2/h4-10H,2-3H2,1H3;1-2H3. The summed E-state index contributed by atoms with van der Waals surface area (Å²) in [5.74, 6) is 0. The second kappa shape index (κ2) is 7.14. The van der Waals surface area contributed by atoms with E-state index in [1.807, 2.05) is 13.8 Å². The van der Waals surface area contributed by atoms with E-state index in [2.05, 4.69) is 0 Å². The van der Waals surface area contributed by atoms with Crippen LogP contribution in [-0.2, 0) is 9.47 Å². The van der Waals surface area contributed by atoms with Crippen LogP contribution in [0.25, 0.3) is 0 Å². The molecule has 86 valence electrons. The second-order valence-electron chi connectivity index (χ2n) is 2.82. The lowest BCUT2D eigenvalue weighted by molar-refractivity contribution is -0.248. The van der Waals surface area contributed by atoms with Crippen LogP contribution in [0.5, 0.6) is 0 Å². The maximum absolute atomic E-state index is 9.26. The first-order chi connectivity index (χ1) is 6.69. The minimum absolute atomic E-state index is 0.230. The molecule has 1 fully saturated rings. The van der Waals surface area contributed by atoms with Crippen LogP contribution in [0.15, 0.2) is 0 Å². The van der Waals surface area contributed by atoms with E-state index in [9.17, 15) is 10.2 Å². The molecule has 4 atom stereocenters. The van der Waals surface area contributed by atoms with Crippen molar-refractivity contribution in [3.8, 4) is 0 Å². The summed E-state index contributed by atoms with van der Waals surface area (Å²) in [5.41, 5.74) is 0. The van der Waals surface area contributed by atoms with Crippen molar-refractivity contribution in [1.29, 1.82) is 0 Å². The summed E-state index contributed by atoms with van der Waals surface area (Å²) in [6.45, 7) is 3.68. The average molecular weight is 208 g/mol. The van der Waals surface area contributed by atoms with Crippen LogP contribution in [0.3, 0.4) is 0 Å². The van der Waals surface area contributed by atoms with E-state index in [4.69, 9.17) is 14.6 Å². The van der Waals surface area contributed by atoms with Crippen LogP contribution >= 0.6 is 0 Å². The fourth-order valence-corrected chi connectivity index (χ4v) is 1.22. The quantitative estimate of drug-likeness (QED) is 0.569. The van der Waals surface area contributed by atoms with E-state index in [1.54, 1.807) is 0 Å². The Balaban J connectivity index is 0.000000791. The van der Waals surface area contributed by atoms with Crippen molar-refractivity contribution in [2.75, 3.05) is 13.7 Å². The van der Waals surface area contributed by atoms with Crippen LogP contribution in [0.1, 0.15) is 20.3 Å². The number of hydrogen-bond donors (Lipinski definition) is 3. The van der Waals surface area contributed by atoms with Crippen molar-refractivity contribution in [2.45, 2.75) is 44.9 Å². The lowest BCUT2D eigenvalue weighted by Gasteiger charge is -2.35. The number of aliphatic hydroxyl groups excluding tert-OH is 3. The zero-order valence-electron chi connectivity index (χ0n) is 8.88. The van der Waals surface area contributed by atoms with Gasteiger partial charge in [0.2, 0.25) is 0 Å². The molecule has 0 saturated carbocycles. The SMILES string of the molecule is CC.COC1CC(O)C(O)C(CO)O1. The molecular weight excluding hydrogens is 188 g/mol. The van der Waals surface area contributed by atoms with Gasteiger partial charge in [-0.05, 0) is 0 Å². The van der Waals surface area contributed by atoms with Gasteiger partial charge in [0.05, 0.1) is 12.7 Å². The molecule has 1 rings (SSSR count). The third kappa shape index (κ3) is 3.51. The molecule has 4 unspecified atom stereocenters. The molecule has 0 radical (unpaired) electrons. The lowest BCUT2D eigenvalue weighted by Crippen LogP contribution is -2.50. The Morgan fingerprint density at radius 3 is 2.36 bits per heavy atom. The normalized spacial score (nSPS) is 37.3. The summed E-state index contributed by atoms with van der Waals surface area (Å²) in [7, 11) is 1.45. The first-order valence-corrected chi connectivity index (χ1v) is 4.84. The van der Waals surface area contributed by atoms with E-state index in [-0.39, 0.29) is 13.0 Å². The first-order valence-electron chi connectivity index (χ1n) is 4.84. The van der Waals surface area contributed by atoms with Crippen molar-refractivity contribution in [2.24, 2.45) is 0 Å². The monoisotopic (exact) mass is 208 g/mol. The molecule has 5 heteroatoms. The largest absolute Gasteiger partial charge is 0.394 e. The Kier molecular flexibility index (Phi) is 7.04. The van der Waals surface area contributed by atoms with Crippen molar-refractivity contribution in [3.05, 3.63) is 0 Å². The van der Waals surface area contributed by atoms with Crippen LogP contribution in [-0.4, -0.2) is 53.6 Å². The van der Waals surface area contributed by atoms with Gasteiger partial charge < -0.3 is 24.8 Å². The fraction of sp³-hybridized carbons (Fsp3) is 1.00. The van der Waals surface area contributed by atoms with Crippen LogP contribution in [0, 0.1) is 0 Å². The van der Waals surface area contributed by atoms with Crippen molar-refractivity contribution in [1.82, 2.24) is 0 Å². The van der Waals surface area contributed by atoms with Gasteiger partial charge in [-0.25, -0.2) is 0 Å². The molecule has 1 aliphatic heterocycles. The van der Waals surface area contributed by atoms with E-state index in [1.165, 1.54) is 7.11 Å². The Bertz CT molecular complexity index is 141. The van der Waals surface area contributed by atoms with Gasteiger partial charge in [0.25, 0.3) is 0 Å². The molecule has 3 N–H and O–H groups in total. The van der Waals surface area contributed by atoms with Gasteiger partial charge in [-0.3, -0.25) is 0 Å². The number of rotatable bonds is 2. The highest BCUT2D eigenvalue weighted by Crippen LogP contribution is 2.20. The zero-order valence-corrected chi connectivity index (χ0v) is 8.88. The summed E-state index contributed by atoms with van der Waals surface area (Å²) in [5, 5.41) is 27.3. The Labute approximate surface area is 84.3 Å². The van der Waals surface area contributed by atoms with Gasteiger partial charge in [-0.2, -0.15) is 0 Å². The predicted octanol–water partition coefficient (Wildman–Crippen LogP) is -0.512. The molecule has 0 aromatic carbocycles. The molecule has 1 heterocycles. The molecule has 5 nitrogen and oxygen atoms in total. The van der Waals surface area contributed by atoms with Gasteiger partial charge in [0, 0.05) is 13.5 Å². The number of aliphatic hydroxyl groups is 3. The molecule has 14 heavy (non-hydrogen) atoms. The molecule has 0 aliphatic carbocycles. The molecule has 0 amide bonds. The minimum Gasteiger partial charge on any atom is -0.394 e. The fourth-order valence-electron chi connectivity index (χ4n) is 1.22. The summed E-state index contributed by atoms with van der Waals surface area (Å²) in [6, 6.07) is 0. The highest BCUT2D eigenvalue weighted by Gasteiger charge is 2.36. The van der Waals surface area contributed by atoms with Crippen LogP contribution < -0.4 is 0 Å². The summed E-state index contributed by atoms with van der Waals surface area (Å²) in [6.07, 6.45) is -2.98. The van der Waals surface area contributed by atoms with Crippen LogP contribution in [0.2, 0.25) is 0 Å². The maximum Gasteiger partial charge on any atom is 0.160 e. The zero-order chi connectivity index (χ0) is 11.1. The lowest BCUT2D eigenvalue weighted by atomic mass is 10.0. The predicted molar refractivity (Wildman–Crippen MR) is 50.7 cm³/mol. The van der Waals surface area contributed by atoms with Crippen LogP contribution in [0.4, 0.5) is 0 Å². The highest BCUT2D eigenvalue weighted by atomic mass is 16.7. The van der Waals surface area contributed by atoms with Gasteiger partial charge in [0.1, 0.15) is 12.2 Å². The molecule has 0 bridgehead atoms. The second-order valence-corrected chi connectivity index (χ2v) is 2.82. The van der Waals surface area contributed by atoms with Crippen molar-refractivity contribution in [3.63, 3.8) is 0 Å². The Hall–Kier alpha value is -0.200. The molecule has 1 saturated heterocycles. The third-order valence-corrected chi connectivity index (χ3v) is 1.98. The van der Waals surface area contributed by atoms with E-state index >= 15 is 0 Å². The number of methoxy groups -OCH3 is 1. The van der Waals surface area contributed by atoms with Gasteiger partial charge in [-0.15, -0.1) is 0 Å². The topological polar surface area (TPSA) is 79.2 Å². The van der Waals surface area contributed by atoms with Gasteiger partial charge in [0.15, 0.2) is 6.29 Å². The van der Waals surface area contributed by atoms with Gasteiger partial charge >= 0.3 is 0 Å². The Morgan fingerprint density at radius 2 is 1.93 bits per heavy atom. The molecular formula is C9H20O5. The summed E-state index contributed by atoms with van der Waals surface area (Å²) < 4.78 is 9.92. The molecule has 1 aliphatic rings. The average Bonchev–Trinajstić information content (AvgIpc) is 2.24. The highest BCUT2D eigenvalue weighted by molar-refractivity contribution is 4.81. The van der Waals surface area contributed by atoms with Crippen molar-refractivity contribution >= 4 is 0 Å². The molecule has 0 aromatic heterocycles. The maximum atomic E-state index is 9.26. The smallest absolute Gasteiger partial charge is 0.160 e. The number of hydrogen-bond acceptors (Lipinski definition) is 5. The van der Waals surface area contributed by atoms with Gasteiger partial charge in [-0.1, -0.05) is 13.8 Å². The number of ether oxygens (including phenoxy) is 2. The van der Waals surface area contributed by atoms with E-state index in [0.717, 1.165) is 0 Å². The minimum atomic E-state index is -1.03. The summed E-state index contributed by atoms with van der Waals surface area (Å²) >= 11 is 0. The Morgan fingerprint density at radius 1 is 1.36 bits per heavy atom. The third-order valence-electron chi connectivity index (χ3n) is 1.98. The molecule has 0 aromatic rings. The molecule has 0 spiro atoms. The van der Waals surface area contributed by atoms with Crippen molar-refractivity contribution < 1.29 is 24.8 Å². The van der Waals surface area contributed by atoms with E-state index in [0.29, 0.717) is 0 Å². The summed E-state index contributed by atoms with van der Waals surface area (Å²) in [4.78, 5) is 0. The first kappa shape index (κ1) is 13.8.